The summed E-state index contributed by atoms with van der Waals surface area (Å²) >= 11 is 5.40. The molecule has 1 heterocycles. The van der Waals surface area contributed by atoms with Crippen molar-refractivity contribution >= 4 is 45.7 Å². The predicted molar refractivity (Wildman–Crippen MR) is 140 cm³/mol. The molecule has 0 aliphatic carbocycles. The molecule has 0 atom stereocenters. The SMILES string of the molecule is CNC(=O)c1cc(Oc2cccc3c(C(=O)Cc4ccc(NC(=O)CCl)c(C(F)(F)F)c4)cccc23)ccn1. The number of hydrogen-bond acceptors (Lipinski definition) is 5. The van der Waals surface area contributed by atoms with Gasteiger partial charge in [0, 0.05) is 36.7 Å². The van der Waals surface area contributed by atoms with Crippen LogP contribution in [0, 0.1) is 0 Å². The van der Waals surface area contributed by atoms with Crippen molar-refractivity contribution in [3.63, 3.8) is 0 Å². The maximum atomic E-state index is 13.7. The van der Waals surface area contributed by atoms with Crippen LogP contribution in [0.3, 0.4) is 0 Å². The average molecular weight is 556 g/mol. The molecule has 200 valence electrons. The number of hydrogen-bond donors (Lipinski definition) is 2. The van der Waals surface area contributed by atoms with Crippen LogP contribution in [0.1, 0.15) is 32.0 Å². The van der Waals surface area contributed by atoms with Gasteiger partial charge in [0.05, 0.1) is 11.3 Å². The zero-order valence-electron chi connectivity index (χ0n) is 20.4. The van der Waals surface area contributed by atoms with Gasteiger partial charge in [0.1, 0.15) is 23.1 Å². The second-order valence-corrected chi connectivity index (χ2v) is 8.64. The van der Waals surface area contributed by atoms with Crippen molar-refractivity contribution < 1.29 is 32.3 Å². The van der Waals surface area contributed by atoms with Crippen LogP contribution in [0.15, 0.2) is 72.9 Å². The van der Waals surface area contributed by atoms with E-state index >= 15 is 0 Å². The third-order valence-electron chi connectivity index (χ3n) is 5.75. The second-order valence-electron chi connectivity index (χ2n) is 8.37. The normalized spacial score (nSPS) is 11.2. The highest BCUT2D eigenvalue weighted by atomic mass is 35.5. The highest BCUT2D eigenvalue weighted by molar-refractivity contribution is 6.29. The third kappa shape index (κ3) is 6.35. The van der Waals surface area contributed by atoms with Crippen molar-refractivity contribution in [2.24, 2.45) is 0 Å². The van der Waals surface area contributed by atoms with Gasteiger partial charge in [-0.15, -0.1) is 11.6 Å². The van der Waals surface area contributed by atoms with E-state index in [2.05, 4.69) is 15.6 Å². The van der Waals surface area contributed by atoms with Crippen LogP contribution in [0.25, 0.3) is 10.8 Å². The topological polar surface area (TPSA) is 97.4 Å². The Hall–Kier alpha value is -4.44. The fourth-order valence-corrected chi connectivity index (χ4v) is 4.04. The number of Topliss-reactive ketones (excluding diaryl/α,β-unsaturated/α-hetero) is 1. The number of alkyl halides is 4. The van der Waals surface area contributed by atoms with Crippen LogP contribution in [0.2, 0.25) is 0 Å². The van der Waals surface area contributed by atoms with E-state index < -0.39 is 35.0 Å². The molecule has 39 heavy (non-hydrogen) atoms. The Morgan fingerprint density at radius 1 is 0.974 bits per heavy atom. The molecule has 4 aromatic rings. The standard InChI is InChI=1S/C28H21ClF3N3O4/c1-33-27(38)23-14-17(10-11-34-23)39-25-7-3-4-18-19(5-2-6-20(18)25)24(36)13-16-8-9-22(35-26(37)15-29)21(12-16)28(30,31)32/h2-12,14H,13,15H2,1H3,(H,33,38)(H,35,37). The Balaban J connectivity index is 1.64. The molecule has 0 aliphatic heterocycles. The molecule has 11 heteroatoms. The Morgan fingerprint density at radius 2 is 1.72 bits per heavy atom. The largest absolute Gasteiger partial charge is 0.457 e. The van der Waals surface area contributed by atoms with E-state index in [1.165, 1.54) is 25.4 Å². The van der Waals surface area contributed by atoms with Gasteiger partial charge in [-0.3, -0.25) is 19.4 Å². The van der Waals surface area contributed by atoms with Crippen LogP contribution < -0.4 is 15.4 Å². The molecule has 2 amide bonds. The molecular formula is C28H21ClF3N3O4. The average Bonchev–Trinajstić information content (AvgIpc) is 2.92. The van der Waals surface area contributed by atoms with Crippen molar-refractivity contribution in [1.82, 2.24) is 10.3 Å². The summed E-state index contributed by atoms with van der Waals surface area (Å²) in [6, 6.07) is 16.4. The number of nitrogens with zero attached hydrogens (tertiary/aromatic N) is 1. The zero-order valence-corrected chi connectivity index (χ0v) is 21.2. The van der Waals surface area contributed by atoms with Crippen molar-refractivity contribution in [3.8, 4) is 11.5 Å². The Labute approximate surface area is 225 Å². The van der Waals surface area contributed by atoms with E-state index in [9.17, 15) is 27.6 Å². The smallest absolute Gasteiger partial charge is 0.418 e. The van der Waals surface area contributed by atoms with Crippen LogP contribution in [-0.4, -0.2) is 35.5 Å². The second kappa shape index (κ2) is 11.5. The fraction of sp³-hybridized carbons (Fsp3) is 0.143. The first-order valence-electron chi connectivity index (χ1n) is 11.6. The summed E-state index contributed by atoms with van der Waals surface area (Å²) in [5.74, 6) is -1.30. The van der Waals surface area contributed by atoms with E-state index in [0.717, 1.165) is 12.1 Å². The maximum absolute atomic E-state index is 13.7. The number of amides is 2. The molecular weight excluding hydrogens is 535 g/mol. The minimum Gasteiger partial charge on any atom is -0.457 e. The quantitative estimate of drug-likeness (QED) is 0.205. The monoisotopic (exact) mass is 555 g/mol. The lowest BCUT2D eigenvalue weighted by Crippen LogP contribution is -2.18. The number of nitrogens with one attached hydrogen (secondary N) is 2. The number of halogens is 4. The fourth-order valence-electron chi connectivity index (χ4n) is 3.98. The summed E-state index contributed by atoms with van der Waals surface area (Å²) in [6.45, 7) is 0. The van der Waals surface area contributed by atoms with Crippen molar-refractivity contribution in [2.75, 3.05) is 18.2 Å². The number of carbonyl (C=O) groups excluding carboxylic acids is 3. The molecule has 4 rings (SSSR count). The minimum absolute atomic E-state index is 0.124. The molecule has 0 saturated heterocycles. The molecule has 0 aliphatic rings. The summed E-state index contributed by atoms with van der Waals surface area (Å²) in [7, 11) is 1.48. The van der Waals surface area contributed by atoms with Gasteiger partial charge in [-0.1, -0.05) is 36.4 Å². The van der Waals surface area contributed by atoms with Gasteiger partial charge in [0.2, 0.25) is 5.91 Å². The van der Waals surface area contributed by atoms with Gasteiger partial charge >= 0.3 is 6.18 Å². The highest BCUT2D eigenvalue weighted by Crippen LogP contribution is 2.36. The van der Waals surface area contributed by atoms with Crippen molar-refractivity contribution in [2.45, 2.75) is 12.6 Å². The molecule has 7 nitrogen and oxygen atoms in total. The van der Waals surface area contributed by atoms with Crippen LogP contribution in [-0.2, 0) is 17.4 Å². The molecule has 1 aromatic heterocycles. The molecule has 2 N–H and O–H groups in total. The number of pyridine rings is 1. The minimum atomic E-state index is -4.76. The van der Waals surface area contributed by atoms with Crippen molar-refractivity contribution in [1.29, 1.82) is 0 Å². The highest BCUT2D eigenvalue weighted by Gasteiger charge is 2.34. The molecule has 0 unspecified atom stereocenters. The first kappa shape index (κ1) is 27.6. The van der Waals surface area contributed by atoms with Crippen molar-refractivity contribution in [3.05, 3.63) is 95.3 Å². The molecule has 0 saturated carbocycles. The number of carbonyl (C=O) groups is 3. The van der Waals surface area contributed by atoms with Crippen LogP contribution >= 0.6 is 11.6 Å². The number of rotatable bonds is 8. The van der Waals surface area contributed by atoms with Gasteiger partial charge in [-0.25, -0.2) is 0 Å². The molecule has 0 bridgehead atoms. The number of fused-ring (bicyclic) bond motifs is 1. The number of aromatic nitrogens is 1. The zero-order chi connectivity index (χ0) is 28.2. The predicted octanol–water partition coefficient (Wildman–Crippen LogP) is 6.01. The number of ketones is 1. The lowest BCUT2D eigenvalue weighted by molar-refractivity contribution is -0.137. The lowest BCUT2D eigenvalue weighted by atomic mass is 9.96. The first-order chi connectivity index (χ1) is 18.6. The number of anilines is 1. The third-order valence-corrected chi connectivity index (χ3v) is 5.99. The van der Waals surface area contributed by atoms with E-state index in [4.69, 9.17) is 16.3 Å². The van der Waals surface area contributed by atoms with Gasteiger partial charge < -0.3 is 15.4 Å². The van der Waals surface area contributed by atoms with E-state index in [-0.39, 0.29) is 23.6 Å². The summed E-state index contributed by atoms with van der Waals surface area (Å²) < 4.78 is 47.0. The van der Waals surface area contributed by atoms with E-state index in [0.29, 0.717) is 27.8 Å². The first-order valence-corrected chi connectivity index (χ1v) is 12.1. The van der Waals surface area contributed by atoms with E-state index in [1.807, 2.05) is 0 Å². The summed E-state index contributed by atoms with van der Waals surface area (Å²) in [6.07, 6.45) is -3.64. The Bertz CT molecular complexity index is 1570. The number of ether oxygens (including phenoxy) is 1. The lowest BCUT2D eigenvalue weighted by Gasteiger charge is -2.15. The van der Waals surface area contributed by atoms with Gasteiger partial charge in [0.15, 0.2) is 5.78 Å². The number of benzene rings is 3. The maximum Gasteiger partial charge on any atom is 0.418 e. The molecule has 3 aromatic carbocycles. The van der Waals surface area contributed by atoms with E-state index in [1.54, 1.807) is 42.5 Å². The Morgan fingerprint density at radius 3 is 2.44 bits per heavy atom. The summed E-state index contributed by atoms with van der Waals surface area (Å²) in [5, 5.41) is 5.75. The molecule has 0 spiro atoms. The van der Waals surface area contributed by atoms with Gasteiger partial charge in [-0.2, -0.15) is 13.2 Å². The van der Waals surface area contributed by atoms with Crippen LogP contribution in [0.4, 0.5) is 18.9 Å². The van der Waals surface area contributed by atoms with Crippen LogP contribution in [0.5, 0.6) is 11.5 Å². The molecule has 0 fully saturated rings. The summed E-state index contributed by atoms with van der Waals surface area (Å²) in [5.41, 5.74) is -0.927. The van der Waals surface area contributed by atoms with Gasteiger partial charge in [0.25, 0.3) is 5.91 Å². The Kier molecular flexibility index (Phi) is 8.15. The molecule has 0 radical (unpaired) electrons. The summed E-state index contributed by atoms with van der Waals surface area (Å²) in [4.78, 5) is 40.7. The van der Waals surface area contributed by atoms with Gasteiger partial charge in [-0.05, 0) is 35.2 Å².